The van der Waals surface area contributed by atoms with Crippen molar-refractivity contribution in [1.82, 2.24) is 0 Å². The average molecular weight is 430 g/mol. The standard InChI is InChI=1S/C17H15ClO3Te/c1-20-13-8-6-12(7-9-13)16(11-17(18)19)22-15-5-3-4-14(10-15)21-2/h3-11H,1-2H3/b16-11-. The average Bonchev–Trinajstić information content (AvgIpc) is 2.54. The summed E-state index contributed by atoms with van der Waals surface area (Å²) in [6, 6.07) is 15.5. The van der Waals surface area contributed by atoms with Crippen LogP contribution in [-0.4, -0.2) is 40.4 Å². The van der Waals surface area contributed by atoms with Gasteiger partial charge in [-0.3, -0.25) is 0 Å². The molecular formula is C17H15ClO3Te. The van der Waals surface area contributed by atoms with Gasteiger partial charge in [-0.1, -0.05) is 0 Å². The van der Waals surface area contributed by atoms with E-state index in [9.17, 15) is 4.79 Å². The van der Waals surface area contributed by atoms with Gasteiger partial charge in [-0.2, -0.15) is 0 Å². The van der Waals surface area contributed by atoms with Crippen LogP contribution in [0.1, 0.15) is 5.56 Å². The SMILES string of the molecule is COc1ccc(/C(=C/C(=O)Cl)[Te]c2cccc(OC)c2)cc1. The van der Waals surface area contributed by atoms with Gasteiger partial charge in [0, 0.05) is 0 Å². The molecule has 2 aromatic carbocycles. The van der Waals surface area contributed by atoms with Crippen LogP contribution in [0.25, 0.3) is 3.62 Å². The number of hydrogen-bond acceptors (Lipinski definition) is 3. The van der Waals surface area contributed by atoms with Crippen LogP contribution >= 0.6 is 11.6 Å². The van der Waals surface area contributed by atoms with Crippen LogP contribution in [0.4, 0.5) is 0 Å². The van der Waals surface area contributed by atoms with Gasteiger partial charge in [-0.05, 0) is 0 Å². The molecule has 0 heterocycles. The molecule has 0 aliphatic carbocycles. The van der Waals surface area contributed by atoms with Crippen LogP contribution in [0, 0.1) is 0 Å². The number of carbonyl (C=O) groups excluding carboxylic acids is 1. The van der Waals surface area contributed by atoms with E-state index >= 15 is 0 Å². The third-order valence-corrected chi connectivity index (χ3v) is 6.03. The maximum atomic E-state index is 11.3. The first-order chi connectivity index (χ1) is 10.6. The van der Waals surface area contributed by atoms with Gasteiger partial charge in [0.15, 0.2) is 0 Å². The molecule has 3 nitrogen and oxygen atoms in total. The van der Waals surface area contributed by atoms with E-state index in [2.05, 4.69) is 0 Å². The number of rotatable bonds is 6. The summed E-state index contributed by atoms with van der Waals surface area (Å²) in [7, 11) is 3.26. The molecule has 5 heteroatoms. The van der Waals surface area contributed by atoms with Gasteiger partial charge in [-0.15, -0.1) is 0 Å². The topological polar surface area (TPSA) is 35.5 Å². The molecule has 0 aromatic heterocycles. The molecule has 0 unspecified atom stereocenters. The maximum absolute atomic E-state index is 11.3. The van der Waals surface area contributed by atoms with Crippen LogP contribution < -0.4 is 13.1 Å². The summed E-state index contributed by atoms with van der Waals surface area (Å²) in [5, 5.41) is -0.459. The summed E-state index contributed by atoms with van der Waals surface area (Å²) in [4.78, 5) is 11.3. The van der Waals surface area contributed by atoms with Crippen LogP contribution in [-0.2, 0) is 4.79 Å². The van der Waals surface area contributed by atoms with Crippen LogP contribution in [0.2, 0.25) is 0 Å². The number of allylic oxidation sites excluding steroid dienone is 1. The van der Waals surface area contributed by atoms with Gasteiger partial charge >= 0.3 is 145 Å². The molecule has 2 rings (SSSR count). The third-order valence-electron chi connectivity index (χ3n) is 2.89. The molecule has 0 saturated carbocycles. The Labute approximate surface area is 145 Å². The van der Waals surface area contributed by atoms with Crippen molar-refractivity contribution in [3.05, 3.63) is 60.2 Å². The Morgan fingerprint density at radius 1 is 1.05 bits per heavy atom. The second kappa shape index (κ2) is 8.24. The van der Waals surface area contributed by atoms with E-state index in [0.29, 0.717) is 0 Å². The predicted molar refractivity (Wildman–Crippen MR) is 90.2 cm³/mol. The Bertz CT molecular complexity index is 681. The summed E-state index contributed by atoms with van der Waals surface area (Å²) in [6.45, 7) is 0. The predicted octanol–water partition coefficient (Wildman–Crippen LogP) is 2.84. The molecule has 0 fully saturated rings. The molecule has 2 aromatic rings. The van der Waals surface area contributed by atoms with Gasteiger partial charge in [0.2, 0.25) is 0 Å². The molecule has 0 amide bonds. The van der Waals surface area contributed by atoms with E-state index < -0.39 is 26.2 Å². The van der Waals surface area contributed by atoms with Gasteiger partial charge in [0.1, 0.15) is 0 Å². The van der Waals surface area contributed by atoms with Gasteiger partial charge in [0.25, 0.3) is 0 Å². The number of hydrogen-bond donors (Lipinski definition) is 0. The first kappa shape index (κ1) is 16.9. The van der Waals surface area contributed by atoms with Crippen LogP contribution in [0.5, 0.6) is 11.5 Å². The molecule has 0 saturated heterocycles. The minimum absolute atomic E-state index is 0.459. The normalized spacial score (nSPS) is 11.1. The minimum atomic E-state index is -0.761. The molecule has 0 N–H and O–H groups in total. The zero-order valence-corrected chi connectivity index (χ0v) is 15.3. The van der Waals surface area contributed by atoms with Gasteiger partial charge in [-0.25, -0.2) is 0 Å². The Hall–Kier alpha value is -1.47. The van der Waals surface area contributed by atoms with E-state index in [-0.39, 0.29) is 0 Å². The van der Waals surface area contributed by atoms with Crippen molar-refractivity contribution in [2.45, 2.75) is 0 Å². The van der Waals surface area contributed by atoms with Crippen molar-refractivity contribution in [3.8, 4) is 11.5 Å². The second-order valence-corrected chi connectivity index (χ2v) is 7.88. The molecule has 0 aliphatic heterocycles. The number of carbonyl (C=O) groups is 1. The zero-order chi connectivity index (χ0) is 15.9. The first-order valence-electron chi connectivity index (χ1n) is 6.50. The van der Waals surface area contributed by atoms with E-state index in [1.54, 1.807) is 14.2 Å². The molecule has 0 spiro atoms. The van der Waals surface area contributed by atoms with E-state index in [4.69, 9.17) is 21.1 Å². The molecule has 0 radical (unpaired) electrons. The van der Waals surface area contributed by atoms with E-state index in [1.807, 2.05) is 48.5 Å². The van der Waals surface area contributed by atoms with E-state index in [0.717, 1.165) is 20.7 Å². The summed E-state index contributed by atoms with van der Waals surface area (Å²) in [5.74, 6) is 1.59. The summed E-state index contributed by atoms with van der Waals surface area (Å²) in [6.07, 6.45) is 1.51. The van der Waals surface area contributed by atoms with E-state index in [1.165, 1.54) is 9.69 Å². The number of ether oxygens (including phenoxy) is 2. The first-order valence-corrected chi connectivity index (χ1v) is 9.20. The number of benzene rings is 2. The van der Waals surface area contributed by atoms with Gasteiger partial charge in [0.05, 0.1) is 0 Å². The number of halogens is 1. The number of methoxy groups -OCH3 is 2. The van der Waals surface area contributed by atoms with Crippen molar-refractivity contribution in [3.63, 3.8) is 0 Å². The molecule has 22 heavy (non-hydrogen) atoms. The molecule has 0 aliphatic rings. The fourth-order valence-electron chi connectivity index (χ4n) is 1.82. The fraction of sp³-hybridized carbons (Fsp3) is 0.118. The molecule has 0 bridgehead atoms. The fourth-order valence-corrected chi connectivity index (χ4v) is 4.98. The molecule has 114 valence electrons. The van der Waals surface area contributed by atoms with Crippen LogP contribution in [0.3, 0.4) is 0 Å². The summed E-state index contributed by atoms with van der Waals surface area (Å²) < 4.78 is 12.5. The Morgan fingerprint density at radius 3 is 2.32 bits per heavy atom. The summed E-state index contributed by atoms with van der Waals surface area (Å²) in [5.41, 5.74) is 0.986. The quantitative estimate of drug-likeness (QED) is 0.402. The van der Waals surface area contributed by atoms with Crippen LogP contribution in [0.15, 0.2) is 54.6 Å². The molecular weight excluding hydrogens is 415 g/mol. The Kier molecular flexibility index (Phi) is 6.33. The third kappa shape index (κ3) is 4.78. The second-order valence-electron chi connectivity index (χ2n) is 4.32. The van der Waals surface area contributed by atoms with Crippen molar-refractivity contribution in [1.29, 1.82) is 0 Å². The van der Waals surface area contributed by atoms with Crippen molar-refractivity contribution in [2.24, 2.45) is 0 Å². The zero-order valence-electron chi connectivity index (χ0n) is 12.2. The monoisotopic (exact) mass is 432 g/mol. The Balaban J connectivity index is 2.31. The van der Waals surface area contributed by atoms with Crippen molar-refractivity contribution >= 4 is 45.0 Å². The summed E-state index contributed by atoms with van der Waals surface area (Å²) >= 11 is 4.80. The van der Waals surface area contributed by atoms with Gasteiger partial charge < -0.3 is 0 Å². The molecule has 0 atom stereocenters. The van der Waals surface area contributed by atoms with Crippen molar-refractivity contribution in [2.75, 3.05) is 14.2 Å². The Morgan fingerprint density at radius 2 is 1.73 bits per heavy atom. The van der Waals surface area contributed by atoms with Crippen molar-refractivity contribution < 1.29 is 14.3 Å².